The first-order valence-electron chi connectivity index (χ1n) is 8.00. The van der Waals surface area contributed by atoms with Gasteiger partial charge in [-0.2, -0.15) is 0 Å². The number of rotatable bonds is 5. The Hall–Kier alpha value is -1.11. The first-order chi connectivity index (χ1) is 10.6. The number of sulfonamides is 1. The summed E-state index contributed by atoms with van der Waals surface area (Å²) in [4.78, 5) is 0.290. The van der Waals surface area contributed by atoms with Crippen molar-refractivity contribution in [2.45, 2.75) is 55.6 Å². The Morgan fingerprint density at radius 2 is 1.64 bits per heavy atom. The van der Waals surface area contributed by atoms with Gasteiger partial charge in [0.2, 0.25) is 10.0 Å². The third-order valence-corrected chi connectivity index (χ3v) is 5.82. The molecule has 6 heteroatoms. The van der Waals surface area contributed by atoms with Crippen LogP contribution in [0.2, 0.25) is 0 Å². The van der Waals surface area contributed by atoms with E-state index in [2.05, 4.69) is 4.72 Å². The van der Waals surface area contributed by atoms with Crippen LogP contribution in [0, 0.1) is 0 Å². The Morgan fingerprint density at radius 3 is 2.27 bits per heavy atom. The lowest BCUT2D eigenvalue weighted by atomic mass is 10.1. The van der Waals surface area contributed by atoms with Crippen LogP contribution in [0.4, 0.5) is 0 Å². The van der Waals surface area contributed by atoms with E-state index >= 15 is 0 Å². The predicted octanol–water partition coefficient (Wildman–Crippen LogP) is 2.47. The van der Waals surface area contributed by atoms with E-state index in [0.717, 1.165) is 31.4 Å². The van der Waals surface area contributed by atoms with Crippen molar-refractivity contribution in [2.24, 2.45) is 0 Å². The van der Waals surface area contributed by atoms with E-state index in [1.54, 1.807) is 24.3 Å². The van der Waals surface area contributed by atoms with Crippen molar-refractivity contribution in [3.8, 4) is 5.75 Å². The van der Waals surface area contributed by atoms with Crippen molar-refractivity contribution < 1.29 is 17.9 Å². The van der Waals surface area contributed by atoms with Crippen LogP contribution in [0.5, 0.6) is 5.75 Å². The molecule has 0 spiro atoms. The molecule has 22 heavy (non-hydrogen) atoms. The van der Waals surface area contributed by atoms with Gasteiger partial charge in [-0.1, -0.05) is 0 Å². The molecule has 1 aliphatic carbocycles. The average molecular weight is 325 g/mol. The molecular weight excluding hydrogens is 302 g/mol. The Bertz CT molecular complexity index is 573. The number of benzene rings is 1. The second-order valence-corrected chi connectivity index (χ2v) is 7.72. The summed E-state index contributed by atoms with van der Waals surface area (Å²) in [5.74, 6) is 0.747. The molecule has 0 aromatic heterocycles. The molecular formula is C16H23NO4S. The molecule has 0 amide bonds. The number of hydrogen-bond donors (Lipinski definition) is 1. The van der Waals surface area contributed by atoms with Crippen molar-refractivity contribution in [1.82, 2.24) is 4.72 Å². The molecule has 2 aliphatic rings. The molecule has 1 aliphatic heterocycles. The summed E-state index contributed by atoms with van der Waals surface area (Å²) in [6, 6.07) is 6.69. The maximum Gasteiger partial charge on any atom is 0.240 e. The summed E-state index contributed by atoms with van der Waals surface area (Å²) in [5, 5.41) is 0. The fourth-order valence-corrected chi connectivity index (χ4v) is 4.30. The van der Waals surface area contributed by atoms with Gasteiger partial charge in [0.25, 0.3) is 0 Å². The van der Waals surface area contributed by atoms with Gasteiger partial charge in [-0.05, 0) is 62.8 Å². The van der Waals surface area contributed by atoms with E-state index in [0.29, 0.717) is 13.2 Å². The van der Waals surface area contributed by atoms with Gasteiger partial charge in [0.15, 0.2) is 0 Å². The highest BCUT2D eigenvalue weighted by Gasteiger charge is 2.22. The summed E-state index contributed by atoms with van der Waals surface area (Å²) in [5.41, 5.74) is 0. The van der Waals surface area contributed by atoms with Gasteiger partial charge in [-0.25, -0.2) is 13.1 Å². The Kier molecular flexibility index (Phi) is 5.00. The van der Waals surface area contributed by atoms with Gasteiger partial charge in [0.05, 0.1) is 11.0 Å². The van der Waals surface area contributed by atoms with Crippen molar-refractivity contribution in [2.75, 3.05) is 13.2 Å². The molecule has 122 valence electrons. The van der Waals surface area contributed by atoms with E-state index in [9.17, 15) is 8.42 Å². The maximum atomic E-state index is 12.4. The molecule has 1 saturated carbocycles. The van der Waals surface area contributed by atoms with Crippen LogP contribution in [0.3, 0.4) is 0 Å². The Morgan fingerprint density at radius 1 is 1.00 bits per heavy atom. The minimum Gasteiger partial charge on any atom is -0.490 e. The van der Waals surface area contributed by atoms with Crippen molar-refractivity contribution >= 4 is 10.0 Å². The quantitative estimate of drug-likeness (QED) is 0.903. The van der Waals surface area contributed by atoms with E-state index in [-0.39, 0.29) is 17.0 Å². The number of nitrogens with one attached hydrogen (secondary N) is 1. The van der Waals surface area contributed by atoms with Crippen LogP contribution in [-0.2, 0) is 14.8 Å². The smallest absolute Gasteiger partial charge is 0.240 e. The molecule has 1 aromatic carbocycles. The van der Waals surface area contributed by atoms with Gasteiger partial charge >= 0.3 is 0 Å². The molecule has 3 rings (SSSR count). The van der Waals surface area contributed by atoms with Crippen LogP contribution < -0.4 is 9.46 Å². The van der Waals surface area contributed by atoms with Crippen LogP contribution in [0.15, 0.2) is 29.2 Å². The maximum absolute atomic E-state index is 12.4. The molecule has 0 unspecified atom stereocenters. The van der Waals surface area contributed by atoms with E-state index < -0.39 is 10.0 Å². The molecule has 1 aromatic rings. The van der Waals surface area contributed by atoms with Crippen LogP contribution in [0.1, 0.15) is 38.5 Å². The topological polar surface area (TPSA) is 64.6 Å². The van der Waals surface area contributed by atoms with Crippen LogP contribution >= 0.6 is 0 Å². The second kappa shape index (κ2) is 6.98. The van der Waals surface area contributed by atoms with Gasteiger partial charge < -0.3 is 9.47 Å². The average Bonchev–Trinajstić information content (AvgIpc) is 3.01. The largest absolute Gasteiger partial charge is 0.490 e. The molecule has 2 fully saturated rings. The highest BCUT2D eigenvalue weighted by Crippen LogP contribution is 2.25. The molecule has 0 radical (unpaired) electrons. The summed E-state index contributed by atoms with van der Waals surface area (Å²) in [7, 11) is -3.47. The highest BCUT2D eigenvalue weighted by atomic mass is 32.2. The lowest BCUT2D eigenvalue weighted by Gasteiger charge is -2.23. The van der Waals surface area contributed by atoms with E-state index in [1.807, 2.05) is 0 Å². The summed E-state index contributed by atoms with van der Waals surface area (Å²) in [6.45, 7) is 1.22. The fraction of sp³-hybridized carbons (Fsp3) is 0.625. The van der Waals surface area contributed by atoms with Gasteiger partial charge in [0.1, 0.15) is 5.75 Å². The van der Waals surface area contributed by atoms with Crippen molar-refractivity contribution in [3.05, 3.63) is 24.3 Å². The Balaban J connectivity index is 1.62. The monoisotopic (exact) mass is 325 g/mol. The molecule has 1 heterocycles. The van der Waals surface area contributed by atoms with Gasteiger partial charge in [-0.15, -0.1) is 0 Å². The van der Waals surface area contributed by atoms with Crippen molar-refractivity contribution in [1.29, 1.82) is 0 Å². The molecule has 1 N–H and O–H groups in total. The molecule has 0 atom stereocenters. The minimum absolute atomic E-state index is 0.0341. The van der Waals surface area contributed by atoms with E-state index in [4.69, 9.17) is 9.47 Å². The SMILES string of the molecule is O=S(=O)(NC1CCOCC1)c1ccc(OC2CCCC2)cc1. The van der Waals surface area contributed by atoms with Crippen LogP contribution in [0.25, 0.3) is 0 Å². The number of ether oxygens (including phenoxy) is 2. The highest BCUT2D eigenvalue weighted by molar-refractivity contribution is 7.89. The van der Waals surface area contributed by atoms with Crippen LogP contribution in [-0.4, -0.2) is 33.8 Å². The standard InChI is InChI=1S/C16H23NO4S/c18-22(19,17-13-9-11-20-12-10-13)16-7-5-15(6-8-16)21-14-3-1-2-4-14/h5-8,13-14,17H,1-4,9-12H2. The third kappa shape index (κ3) is 4.00. The Labute approximate surface area is 132 Å². The molecule has 0 bridgehead atoms. The zero-order valence-corrected chi connectivity index (χ0v) is 13.5. The first-order valence-corrected chi connectivity index (χ1v) is 9.48. The normalized spacial score (nSPS) is 21.1. The second-order valence-electron chi connectivity index (χ2n) is 6.00. The van der Waals surface area contributed by atoms with Crippen molar-refractivity contribution in [3.63, 3.8) is 0 Å². The first kappa shape index (κ1) is 15.8. The summed E-state index contributed by atoms with van der Waals surface area (Å²) >= 11 is 0. The summed E-state index contributed by atoms with van der Waals surface area (Å²) < 4.78 is 38.6. The minimum atomic E-state index is -3.47. The van der Waals surface area contributed by atoms with Gasteiger partial charge in [0, 0.05) is 19.3 Å². The third-order valence-electron chi connectivity index (χ3n) is 4.28. The zero-order valence-electron chi connectivity index (χ0n) is 12.7. The summed E-state index contributed by atoms with van der Waals surface area (Å²) in [6.07, 6.45) is 6.34. The fourth-order valence-electron chi connectivity index (χ4n) is 3.00. The number of hydrogen-bond acceptors (Lipinski definition) is 4. The van der Waals surface area contributed by atoms with E-state index in [1.165, 1.54) is 12.8 Å². The van der Waals surface area contributed by atoms with Gasteiger partial charge in [-0.3, -0.25) is 0 Å². The lowest BCUT2D eigenvalue weighted by Crippen LogP contribution is -2.38. The molecule has 1 saturated heterocycles. The molecule has 5 nitrogen and oxygen atoms in total. The predicted molar refractivity (Wildman–Crippen MR) is 83.5 cm³/mol. The zero-order chi connectivity index (χ0) is 15.4. The lowest BCUT2D eigenvalue weighted by molar-refractivity contribution is 0.0832.